The van der Waals surface area contributed by atoms with Gasteiger partial charge in [0.25, 0.3) is 0 Å². The van der Waals surface area contributed by atoms with Gasteiger partial charge < -0.3 is 16.4 Å². The molecule has 0 bridgehead atoms. The van der Waals surface area contributed by atoms with Gasteiger partial charge >= 0.3 is 6.03 Å². The highest BCUT2D eigenvalue weighted by atomic mass is 79.9. The van der Waals surface area contributed by atoms with E-state index < -0.39 is 0 Å². The Balaban J connectivity index is 1.86. The molecule has 2 amide bonds. The number of amides is 2. The summed E-state index contributed by atoms with van der Waals surface area (Å²) in [5.74, 6) is 0. The zero-order valence-corrected chi connectivity index (χ0v) is 11.8. The molecule has 0 aliphatic carbocycles. The van der Waals surface area contributed by atoms with Crippen molar-refractivity contribution in [3.05, 3.63) is 58.6 Å². The van der Waals surface area contributed by atoms with Crippen molar-refractivity contribution >= 4 is 33.3 Å². The number of anilines is 2. The predicted octanol–water partition coefficient (Wildman–Crippen LogP) is 3.35. The summed E-state index contributed by atoms with van der Waals surface area (Å²) in [4.78, 5) is 11.7. The van der Waals surface area contributed by atoms with Gasteiger partial charge in [-0.15, -0.1) is 0 Å². The van der Waals surface area contributed by atoms with Crippen LogP contribution in [0.25, 0.3) is 0 Å². The maximum absolute atomic E-state index is 11.7. The van der Waals surface area contributed by atoms with Gasteiger partial charge in [-0.3, -0.25) is 0 Å². The van der Waals surface area contributed by atoms with E-state index in [9.17, 15) is 4.79 Å². The summed E-state index contributed by atoms with van der Waals surface area (Å²) in [7, 11) is 0. The van der Waals surface area contributed by atoms with Gasteiger partial charge in [-0.25, -0.2) is 4.79 Å². The highest BCUT2D eigenvalue weighted by Crippen LogP contribution is 2.12. The molecule has 19 heavy (non-hydrogen) atoms. The third-order valence-corrected chi connectivity index (χ3v) is 3.00. The Labute approximate surface area is 120 Å². The van der Waals surface area contributed by atoms with E-state index in [2.05, 4.69) is 26.6 Å². The number of hydrogen-bond donors (Lipinski definition) is 3. The van der Waals surface area contributed by atoms with E-state index in [0.29, 0.717) is 17.9 Å². The molecule has 4 nitrogen and oxygen atoms in total. The summed E-state index contributed by atoms with van der Waals surface area (Å²) in [5, 5.41) is 5.52. The first kappa shape index (κ1) is 13.4. The topological polar surface area (TPSA) is 67.1 Å². The molecular formula is C14H14BrN3O. The summed E-state index contributed by atoms with van der Waals surface area (Å²) in [5.41, 5.74) is 7.98. The Hall–Kier alpha value is -2.01. The lowest BCUT2D eigenvalue weighted by Gasteiger charge is -2.08. The van der Waals surface area contributed by atoms with Gasteiger partial charge in [-0.1, -0.05) is 28.1 Å². The van der Waals surface area contributed by atoms with Crippen LogP contribution in [0, 0.1) is 0 Å². The smallest absolute Gasteiger partial charge is 0.319 e. The van der Waals surface area contributed by atoms with Crippen LogP contribution in [0.4, 0.5) is 16.2 Å². The van der Waals surface area contributed by atoms with Gasteiger partial charge in [-0.2, -0.15) is 0 Å². The molecular weight excluding hydrogens is 306 g/mol. The molecule has 98 valence electrons. The van der Waals surface area contributed by atoms with Gasteiger partial charge in [0.05, 0.1) is 0 Å². The molecule has 0 saturated carbocycles. The van der Waals surface area contributed by atoms with Gasteiger partial charge in [0.15, 0.2) is 0 Å². The number of urea groups is 1. The Morgan fingerprint density at radius 1 is 1.16 bits per heavy atom. The normalized spacial score (nSPS) is 9.95. The lowest BCUT2D eigenvalue weighted by molar-refractivity contribution is 0.251. The fourth-order valence-electron chi connectivity index (χ4n) is 1.57. The molecule has 5 heteroatoms. The second-order valence-corrected chi connectivity index (χ2v) is 4.98. The second-order valence-electron chi connectivity index (χ2n) is 4.06. The minimum absolute atomic E-state index is 0.246. The van der Waals surface area contributed by atoms with Crippen LogP contribution in [0.3, 0.4) is 0 Å². The van der Waals surface area contributed by atoms with Crippen molar-refractivity contribution in [3.8, 4) is 0 Å². The van der Waals surface area contributed by atoms with E-state index in [1.807, 2.05) is 24.3 Å². The largest absolute Gasteiger partial charge is 0.399 e. The van der Waals surface area contributed by atoms with Gasteiger partial charge in [0.2, 0.25) is 0 Å². The summed E-state index contributed by atoms with van der Waals surface area (Å²) in [6.45, 7) is 0.472. The van der Waals surface area contributed by atoms with E-state index >= 15 is 0 Å². The number of nitrogens with two attached hydrogens (primary N) is 1. The van der Waals surface area contributed by atoms with Crippen LogP contribution in [0.5, 0.6) is 0 Å². The molecule has 0 heterocycles. The SMILES string of the molecule is Nc1ccc(NC(=O)NCc2cccc(Br)c2)cc1. The van der Waals surface area contributed by atoms with E-state index in [0.717, 1.165) is 10.0 Å². The summed E-state index contributed by atoms with van der Waals surface area (Å²) >= 11 is 3.39. The third kappa shape index (κ3) is 4.30. The maximum Gasteiger partial charge on any atom is 0.319 e. The van der Waals surface area contributed by atoms with E-state index in [4.69, 9.17) is 5.73 Å². The summed E-state index contributed by atoms with van der Waals surface area (Å²) in [6, 6.07) is 14.5. The van der Waals surface area contributed by atoms with Crippen LogP contribution in [0.15, 0.2) is 53.0 Å². The molecule has 0 aromatic heterocycles. The van der Waals surface area contributed by atoms with Crippen LogP contribution >= 0.6 is 15.9 Å². The van der Waals surface area contributed by atoms with Crippen molar-refractivity contribution in [2.75, 3.05) is 11.1 Å². The summed E-state index contributed by atoms with van der Waals surface area (Å²) in [6.07, 6.45) is 0. The van der Waals surface area contributed by atoms with Gasteiger partial charge in [-0.05, 0) is 42.0 Å². The van der Waals surface area contributed by atoms with Crippen LogP contribution in [-0.2, 0) is 6.54 Å². The van der Waals surface area contributed by atoms with Crippen LogP contribution in [0.2, 0.25) is 0 Å². The van der Waals surface area contributed by atoms with E-state index in [-0.39, 0.29) is 6.03 Å². The predicted molar refractivity (Wildman–Crippen MR) is 80.9 cm³/mol. The lowest BCUT2D eigenvalue weighted by Crippen LogP contribution is -2.28. The minimum atomic E-state index is -0.246. The van der Waals surface area contributed by atoms with Crippen LogP contribution in [-0.4, -0.2) is 6.03 Å². The number of benzene rings is 2. The fraction of sp³-hybridized carbons (Fsp3) is 0.0714. The minimum Gasteiger partial charge on any atom is -0.399 e. The Kier molecular flexibility index (Phi) is 4.41. The van der Waals surface area contributed by atoms with Gasteiger partial charge in [0.1, 0.15) is 0 Å². The average Bonchev–Trinajstić information content (AvgIpc) is 2.39. The number of hydrogen-bond acceptors (Lipinski definition) is 2. The number of nitrogen functional groups attached to an aromatic ring is 1. The molecule has 0 fully saturated rings. The second kappa shape index (κ2) is 6.24. The molecule has 2 aromatic rings. The number of carbonyl (C=O) groups excluding carboxylic acids is 1. The van der Waals surface area contributed by atoms with E-state index in [1.54, 1.807) is 24.3 Å². The zero-order chi connectivity index (χ0) is 13.7. The molecule has 0 aliphatic rings. The molecule has 0 spiro atoms. The molecule has 0 atom stereocenters. The number of rotatable bonds is 3. The number of halogens is 1. The molecule has 4 N–H and O–H groups in total. The zero-order valence-electron chi connectivity index (χ0n) is 10.2. The molecule has 2 rings (SSSR count). The van der Waals surface area contributed by atoms with Crippen LogP contribution in [0.1, 0.15) is 5.56 Å². The monoisotopic (exact) mass is 319 g/mol. The van der Waals surface area contributed by atoms with Crippen molar-refractivity contribution in [2.24, 2.45) is 0 Å². The van der Waals surface area contributed by atoms with Crippen LogP contribution < -0.4 is 16.4 Å². The van der Waals surface area contributed by atoms with Crippen molar-refractivity contribution in [1.29, 1.82) is 0 Å². The standard InChI is InChI=1S/C14H14BrN3O/c15-11-3-1-2-10(8-11)9-17-14(19)18-13-6-4-12(16)5-7-13/h1-8H,9,16H2,(H2,17,18,19). The molecule has 0 saturated heterocycles. The lowest BCUT2D eigenvalue weighted by atomic mass is 10.2. The fourth-order valence-corrected chi connectivity index (χ4v) is 2.02. The van der Waals surface area contributed by atoms with Crippen molar-refractivity contribution in [3.63, 3.8) is 0 Å². The highest BCUT2D eigenvalue weighted by molar-refractivity contribution is 9.10. The Morgan fingerprint density at radius 3 is 2.58 bits per heavy atom. The van der Waals surface area contributed by atoms with Crippen molar-refractivity contribution < 1.29 is 4.79 Å². The molecule has 0 radical (unpaired) electrons. The Morgan fingerprint density at radius 2 is 1.89 bits per heavy atom. The van der Waals surface area contributed by atoms with E-state index in [1.165, 1.54) is 0 Å². The first-order chi connectivity index (χ1) is 9.13. The number of nitrogens with one attached hydrogen (secondary N) is 2. The highest BCUT2D eigenvalue weighted by Gasteiger charge is 2.01. The quantitative estimate of drug-likeness (QED) is 0.759. The first-order valence-corrected chi connectivity index (χ1v) is 6.57. The van der Waals surface area contributed by atoms with Crippen molar-refractivity contribution in [2.45, 2.75) is 6.54 Å². The average molecular weight is 320 g/mol. The molecule has 2 aromatic carbocycles. The summed E-state index contributed by atoms with van der Waals surface area (Å²) < 4.78 is 0.991. The van der Waals surface area contributed by atoms with Gasteiger partial charge in [0, 0.05) is 22.4 Å². The third-order valence-electron chi connectivity index (χ3n) is 2.51. The van der Waals surface area contributed by atoms with Crippen molar-refractivity contribution in [1.82, 2.24) is 5.32 Å². The Bertz CT molecular complexity index is 569. The maximum atomic E-state index is 11.7. The number of carbonyl (C=O) groups is 1. The molecule has 0 unspecified atom stereocenters. The molecule has 0 aliphatic heterocycles. The first-order valence-electron chi connectivity index (χ1n) is 5.78.